The van der Waals surface area contributed by atoms with E-state index in [9.17, 15) is 9.13 Å². The molecule has 24 heavy (non-hydrogen) atoms. The van der Waals surface area contributed by atoms with E-state index >= 15 is 0 Å². The van der Waals surface area contributed by atoms with Crippen molar-refractivity contribution in [2.45, 2.75) is 12.8 Å². The fourth-order valence-corrected chi connectivity index (χ4v) is 4.22. The fraction of sp³-hybridized carbons (Fsp3) is 1.00. The molecule has 6 N–H and O–H groups in total. The zero-order valence-corrected chi connectivity index (χ0v) is 15.7. The van der Waals surface area contributed by atoms with Crippen molar-refractivity contribution in [1.82, 2.24) is 20.4 Å². The molecule has 1 aliphatic heterocycles. The third kappa shape index (κ3) is 12.5. The van der Waals surface area contributed by atoms with Gasteiger partial charge in [-0.1, -0.05) is 0 Å². The molecule has 1 fully saturated rings. The van der Waals surface area contributed by atoms with Crippen molar-refractivity contribution in [2.75, 3.05) is 64.9 Å². The van der Waals surface area contributed by atoms with Crippen LogP contribution in [0.5, 0.6) is 0 Å². The molecule has 0 bridgehead atoms. The molecule has 0 aliphatic carbocycles. The molecule has 12 heteroatoms. The second-order valence-corrected chi connectivity index (χ2v) is 9.28. The Morgan fingerprint density at radius 3 is 1.38 bits per heavy atom. The number of hydrogen-bond donors (Lipinski definition) is 6. The maximum atomic E-state index is 11.2. The van der Waals surface area contributed by atoms with Gasteiger partial charge in [-0.25, -0.2) is 0 Å². The average molecular weight is 388 g/mol. The number of nitrogens with zero attached hydrogens (tertiary/aromatic N) is 2. The third-order valence-electron chi connectivity index (χ3n) is 3.63. The number of hydrogen-bond acceptors (Lipinski definition) is 6. The van der Waals surface area contributed by atoms with Crippen molar-refractivity contribution >= 4 is 15.2 Å². The summed E-state index contributed by atoms with van der Waals surface area (Å²) in [7, 11) is -8.12. The van der Waals surface area contributed by atoms with Gasteiger partial charge in [0.25, 0.3) is 0 Å². The first-order valence-corrected chi connectivity index (χ1v) is 11.7. The molecule has 144 valence electrons. The topological polar surface area (TPSA) is 146 Å². The molecule has 1 saturated heterocycles. The van der Waals surface area contributed by atoms with Crippen LogP contribution in [0.15, 0.2) is 0 Å². The molecular formula is C12H30N4O6P2. The molecule has 0 amide bonds. The van der Waals surface area contributed by atoms with Crippen LogP contribution in [0.1, 0.15) is 12.8 Å². The maximum Gasteiger partial charge on any atom is 0.339 e. The van der Waals surface area contributed by atoms with Gasteiger partial charge in [0.15, 0.2) is 0 Å². The summed E-state index contributed by atoms with van der Waals surface area (Å²) in [5.74, 6) is 0. The Hall–Kier alpha value is 0.140. The Labute approximate surface area is 142 Å². The monoisotopic (exact) mass is 388 g/mol. The van der Waals surface area contributed by atoms with Gasteiger partial charge in [-0.2, -0.15) is 0 Å². The second kappa shape index (κ2) is 11.0. The van der Waals surface area contributed by atoms with E-state index in [1.54, 1.807) is 9.80 Å². The predicted molar refractivity (Wildman–Crippen MR) is 91.9 cm³/mol. The van der Waals surface area contributed by atoms with Crippen LogP contribution < -0.4 is 10.6 Å². The highest BCUT2D eigenvalue weighted by Gasteiger charge is 2.20. The number of rotatable bonds is 4. The molecule has 1 aliphatic rings. The maximum absolute atomic E-state index is 11.2. The molecule has 0 saturated carbocycles. The van der Waals surface area contributed by atoms with Crippen molar-refractivity contribution in [3.8, 4) is 0 Å². The summed E-state index contributed by atoms with van der Waals surface area (Å²) >= 11 is 0. The lowest BCUT2D eigenvalue weighted by molar-refractivity contribution is 0.255. The summed E-state index contributed by atoms with van der Waals surface area (Å²) < 4.78 is 22.3. The van der Waals surface area contributed by atoms with Crippen LogP contribution in [0.3, 0.4) is 0 Å². The van der Waals surface area contributed by atoms with Crippen LogP contribution in [-0.2, 0) is 9.13 Å². The van der Waals surface area contributed by atoms with Crippen molar-refractivity contribution in [1.29, 1.82) is 0 Å². The van der Waals surface area contributed by atoms with Gasteiger partial charge in [0, 0.05) is 39.3 Å². The molecule has 0 spiro atoms. The summed E-state index contributed by atoms with van der Waals surface area (Å²) in [6.45, 7) is 4.90. The minimum atomic E-state index is -4.06. The first-order chi connectivity index (χ1) is 11.2. The molecule has 0 unspecified atom stereocenters. The Kier molecular flexibility index (Phi) is 10.1. The fourth-order valence-electron chi connectivity index (χ4n) is 2.61. The van der Waals surface area contributed by atoms with Crippen LogP contribution >= 0.6 is 15.2 Å². The third-order valence-corrected chi connectivity index (χ3v) is 5.17. The van der Waals surface area contributed by atoms with E-state index in [0.717, 1.165) is 12.8 Å². The van der Waals surface area contributed by atoms with E-state index in [1.165, 1.54) is 0 Å². The zero-order chi connectivity index (χ0) is 18.1. The van der Waals surface area contributed by atoms with Crippen molar-refractivity contribution < 1.29 is 28.7 Å². The summed E-state index contributed by atoms with van der Waals surface area (Å²) in [4.78, 5) is 40.0. The van der Waals surface area contributed by atoms with Crippen LogP contribution in [0.4, 0.5) is 0 Å². The van der Waals surface area contributed by atoms with Gasteiger partial charge in [-0.15, -0.1) is 0 Å². The quantitative estimate of drug-likeness (QED) is 0.326. The molecule has 1 rings (SSSR count). The van der Waals surface area contributed by atoms with E-state index < -0.39 is 15.2 Å². The highest BCUT2D eigenvalue weighted by Crippen LogP contribution is 2.35. The predicted octanol–water partition coefficient (Wildman–Crippen LogP) is -1.17. The molecule has 1 heterocycles. The first-order valence-electron chi connectivity index (χ1n) is 8.11. The van der Waals surface area contributed by atoms with Crippen LogP contribution in [0.2, 0.25) is 0 Å². The Morgan fingerprint density at radius 1 is 0.667 bits per heavy atom. The van der Waals surface area contributed by atoms with Gasteiger partial charge < -0.3 is 30.2 Å². The molecule has 0 aromatic rings. The van der Waals surface area contributed by atoms with Crippen LogP contribution in [0.25, 0.3) is 0 Å². The lowest BCUT2D eigenvalue weighted by atomic mass is 10.3. The lowest BCUT2D eigenvalue weighted by Gasteiger charge is -2.25. The highest BCUT2D eigenvalue weighted by molar-refractivity contribution is 7.51. The van der Waals surface area contributed by atoms with E-state index in [1.807, 2.05) is 0 Å². The minimum Gasteiger partial charge on any atom is -0.324 e. The van der Waals surface area contributed by atoms with E-state index in [-0.39, 0.29) is 12.6 Å². The molecule has 0 radical (unpaired) electrons. The van der Waals surface area contributed by atoms with Gasteiger partial charge in [-0.3, -0.25) is 18.9 Å². The lowest BCUT2D eigenvalue weighted by Crippen LogP contribution is -2.38. The number of nitrogens with one attached hydrogen (secondary N) is 2. The molecule has 0 atom stereocenters. The highest BCUT2D eigenvalue weighted by atomic mass is 31.2. The minimum absolute atomic E-state index is 0.231. The van der Waals surface area contributed by atoms with Crippen LogP contribution in [0, 0.1) is 0 Å². The second-order valence-electron chi connectivity index (χ2n) is 6.06. The smallest absolute Gasteiger partial charge is 0.324 e. The van der Waals surface area contributed by atoms with Gasteiger partial charge >= 0.3 is 15.2 Å². The summed E-state index contributed by atoms with van der Waals surface area (Å²) in [5, 5.41) is 6.41. The summed E-state index contributed by atoms with van der Waals surface area (Å²) in [6.07, 6.45) is 1.03. The summed E-state index contributed by atoms with van der Waals surface area (Å²) in [5.41, 5.74) is 0. The molecule has 10 nitrogen and oxygen atoms in total. The van der Waals surface area contributed by atoms with Crippen molar-refractivity contribution in [3.63, 3.8) is 0 Å². The zero-order valence-electron chi connectivity index (χ0n) is 13.9. The molecular weight excluding hydrogens is 358 g/mol. The largest absolute Gasteiger partial charge is 0.339 e. The van der Waals surface area contributed by atoms with Crippen LogP contribution in [-0.4, -0.2) is 94.3 Å². The SMILES string of the molecule is O=P(O)(O)CN1CCCNCCN(CP(=O)(O)O)CCCNCC1. The van der Waals surface area contributed by atoms with Gasteiger partial charge in [-0.05, 0) is 25.9 Å². The molecule has 0 aromatic carbocycles. The van der Waals surface area contributed by atoms with Gasteiger partial charge in [0.2, 0.25) is 0 Å². The Bertz CT molecular complexity index is 387. The average Bonchev–Trinajstić information content (AvgIpc) is 2.41. The van der Waals surface area contributed by atoms with Gasteiger partial charge in [0.1, 0.15) is 12.6 Å². The normalized spacial score (nSPS) is 22.2. The van der Waals surface area contributed by atoms with E-state index in [2.05, 4.69) is 10.6 Å². The standard InChI is InChI=1S/C12H30N4O6P2/c17-23(18,19)11-15-7-1-3-13-5-10-16(12-24(20,21)22)8-2-4-14-6-9-15/h13-14H,1-12H2,(H2,17,18,19)(H2,20,21,22). The molecule has 0 aromatic heterocycles. The Balaban J connectivity index is 2.46. The van der Waals surface area contributed by atoms with E-state index in [4.69, 9.17) is 19.6 Å². The Morgan fingerprint density at radius 2 is 1.04 bits per heavy atom. The van der Waals surface area contributed by atoms with Crippen molar-refractivity contribution in [2.24, 2.45) is 0 Å². The first kappa shape index (κ1) is 22.2. The summed E-state index contributed by atoms with van der Waals surface area (Å²) in [6, 6.07) is 0. The van der Waals surface area contributed by atoms with E-state index in [0.29, 0.717) is 52.4 Å². The van der Waals surface area contributed by atoms with Crippen molar-refractivity contribution in [3.05, 3.63) is 0 Å². The van der Waals surface area contributed by atoms with Gasteiger partial charge in [0.05, 0.1) is 0 Å².